The van der Waals surface area contributed by atoms with E-state index in [4.69, 9.17) is 4.74 Å². The van der Waals surface area contributed by atoms with Crippen molar-refractivity contribution in [2.75, 3.05) is 44.9 Å². The summed E-state index contributed by atoms with van der Waals surface area (Å²) in [6.07, 6.45) is 5.27. The van der Waals surface area contributed by atoms with Gasteiger partial charge in [0.25, 0.3) is 0 Å². The van der Waals surface area contributed by atoms with Gasteiger partial charge in [0.2, 0.25) is 0 Å². The highest BCUT2D eigenvalue weighted by Crippen LogP contribution is 2.29. The Hall–Kier alpha value is 0.270. The minimum atomic E-state index is 0.445. The summed E-state index contributed by atoms with van der Waals surface area (Å²) in [5, 5.41) is 0. The van der Waals surface area contributed by atoms with Crippen LogP contribution in [0.1, 0.15) is 46.5 Å². The molecule has 0 unspecified atom stereocenters. The van der Waals surface area contributed by atoms with Crippen LogP contribution in [0.25, 0.3) is 0 Å². The molecule has 0 amide bonds. The maximum absolute atomic E-state index is 5.27. The van der Waals surface area contributed by atoms with Gasteiger partial charge in [-0.05, 0) is 43.6 Å². The van der Waals surface area contributed by atoms with Crippen molar-refractivity contribution in [3.63, 3.8) is 0 Å². The number of thioether (sulfide) groups is 1. The van der Waals surface area contributed by atoms with Crippen LogP contribution in [0.3, 0.4) is 0 Å². The molecule has 19 heavy (non-hydrogen) atoms. The van der Waals surface area contributed by atoms with Gasteiger partial charge in [-0.15, -0.1) is 0 Å². The third-order valence-corrected chi connectivity index (χ3v) is 4.76. The minimum Gasteiger partial charge on any atom is -0.385 e. The number of methoxy groups -OCH3 is 1. The molecule has 0 aromatic carbocycles. The maximum atomic E-state index is 5.27. The van der Waals surface area contributed by atoms with E-state index >= 15 is 0 Å². The van der Waals surface area contributed by atoms with Crippen molar-refractivity contribution < 1.29 is 4.74 Å². The van der Waals surface area contributed by atoms with E-state index in [-0.39, 0.29) is 0 Å². The van der Waals surface area contributed by atoms with Gasteiger partial charge in [-0.25, -0.2) is 0 Å². The predicted octanol–water partition coefficient (Wildman–Crippen LogP) is 3.90. The second-order valence-electron chi connectivity index (χ2n) is 7.01. The van der Waals surface area contributed by atoms with E-state index in [1.165, 1.54) is 56.8 Å². The highest BCUT2D eigenvalue weighted by Gasteiger charge is 2.19. The van der Waals surface area contributed by atoms with E-state index < -0.39 is 0 Å². The van der Waals surface area contributed by atoms with Gasteiger partial charge < -0.3 is 9.64 Å². The molecule has 1 aliphatic heterocycles. The predicted molar refractivity (Wildman–Crippen MR) is 87.1 cm³/mol. The van der Waals surface area contributed by atoms with Gasteiger partial charge in [-0.2, -0.15) is 11.8 Å². The van der Waals surface area contributed by atoms with Gasteiger partial charge >= 0.3 is 0 Å². The quantitative estimate of drug-likeness (QED) is 0.672. The van der Waals surface area contributed by atoms with Crippen molar-refractivity contribution >= 4 is 11.8 Å². The largest absolute Gasteiger partial charge is 0.385 e. The van der Waals surface area contributed by atoms with E-state index in [9.17, 15) is 0 Å². The zero-order valence-electron chi connectivity index (χ0n) is 13.4. The van der Waals surface area contributed by atoms with Crippen LogP contribution in [-0.4, -0.2) is 49.8 Å². The molecule has 0 radical (unpaired) electrons. The Kier molecular flexibility index (Phi) is 8.43. The molecule has 1 saturated heterocycles. The monoisotopic (exact) mass is 287 g/mol. The summed E-state index contributed by atoms with van der Waals surface area (Å²) < 4.78 is 5.27. The molecule has 1 atom stereocenters. The Morgan fingerprint density at radius 1 is 1.16 bits per heavy atom. The SMILES string of the molecule is COCC[C@@H](CCCN1CCSCC1)CC(C)(C)C. The molecule has 1 aliphatic rings. The second-order valence-corrected chi connectivity index (χ2v) is 8.23. The first kappa shape index (κ1) is 17.3. The fourth-order valence-corrected chi connectivity index (χ4v) is 3.91. The lowest BCUT2D eigenvalue weighted by molar-refractivity contribution is 0.155. The number of nitrogens with zero attached hydrogens (tertiary/aromatic N) is 1. The molecule has 1 rings (SSSR count). The summed E-state index contributed by atoms with van der Waals surface area (Å²) in [7, 11) is 1.82. The molecule has 0 spiro atoms. The molecule has 0 saturated carbocycles. The minimum absolute atomic E-state index is 0.445. The Bertz CT molecular complexity index is 221. The Morgan fingerprint density at radius 2 is 1.84 bits per heavy atom. The van der Waals surface area contributed by atoms with Crippen LogP contribution in [0.4, 0.5) is 0 Å². The maximum Gasteiger partial charge on any atom is 0.0464 e. The van der Waals surface area contributed by atoms with Crippen LogP contribution in [-0.2, 0) is 4.74 Å². The van der Waals surface area contributed by atoms with Crippen molar-refractivity contribution in [2.45, 2.75) is 46.5 Å². The van der Waals surface area contributed by atoms with Crippen LogP contribution in [0.2, 0.25) is 0 Å². The van der Waals surface area contributed by atoms with Crippen LogP contribution in [0, 0.1) is 11.3 Å². The number of ether oxygens (including phenoxy) is 1. The molecule has 1 fully saturated rings. The highest BCUT2D eigenvalue weighted by molar-refractivity contribution is 7.99. The van der Waals surface area contributed by atoms with E-state index in [2.05, 4.69) is 37.4 Å². The lowest BCUT2D eigenvalue weighted by atomic mass is 9.81. The van der Waals surface area contributed by atoms with Crippen molar-refractivity contribution in [1.29, 1.82) is 0 Å². The third-order valence-electron chi connectivity index (χ3n) is 3.82. The van der Waals surface area contributed by atoms with Crippen molar-refractivity contribution in [1.82, 2.24) is 4.90 Å². The van der Waals surface area contributed by atoms with Crippen molar-refractivity contribution in [3.8, 4) is 0 Å². The van der Waals surface area contributed by atoms with Crippen LogP contribution in [0.5, 0.6) is 0 Å². The van der Waals surface area contributed by atoms with Gasteiger partial charge in [0.05, 0.1) is 0 Å². The summed E-state index contributed by atoms with van der Waals surface area (Å²) in [4.78, 5) is 2.64. The van der Waals surface area contributed by atoms with Gasteiger partial charge in [-0.1, -0.05) is 20.8 Å². The van der Waals surface area contributed by atoms with Gasteiger partial charge in [0, 0.05) is 38.3 Å². The first-order chi connectivity index (χ1) is 9.01. The van der Waals surface area contributed by atoms with E-state index in [1.54, 1.807) is 0 Å². The Labute approximate surface area is 124 Å². The molecular weight excluding hydrogens is 254 g/mol. The first-order valence-corrected chi connectivity index (χ1v) is 8.96. The number of rotatable bonds is 8. The summed E-state index contributed by atoms with van der Waals surface area (Å²) in [6, 6.07) is 0. The molecule has 3 heteroatoms. The van der Waals surface area contributed by atoms with Crippen LogP contribution < -0.4 is 0 Å². The standard InChI is InChI=1S/C16H33NOS/c1-16(2,3)14-15(7-11-18-4)6-5-8-17-9-12-19-13-10-17/h15H,5-14H2,1-4H3/t15-/m1/s1. The average Bonchev–Trinajstić information content (AvgIpc) is 2.35. The Balaban J connectivity index is 2.22. The topological polar surface area (TPSA) is 12.5 Å². The van der Waals surface area contributed by atoms with Crippen molar-refractivity contribution in [3.05, 3.63) is 0 Å². The molecule has 2 nitrogen and oxygen atoms in total. The van der Waals surface area contributed by atoms with Crippen LogP contribution >= 0.6 is 11.8 Å². The molecule has 0 bridgehead atoms. The molecule has 0 aromatic rings. The molecule has 0 aromatic heterocycles. The summed E-state index contributed by atoms with van der Waals surface area (Å²) >= 11 is 2.10. The first-order valence-electron chi connectivity index (χ1n) is 7.80. The zero-order valence-corrected chi connectivity index (χ0v) is 14.2. The van der Waals surface area contributed by atoms with Gasteiger partial charge in [0.1, 0.15) is 0 Å². The third kappa shape index (κ3) is 8.93. The summed E-state index contributed by atoms with van der Waals surface area (Å²) in [6.45, 7) is 11.9. The molecule has 0 aliphatic carbocycles. The number of hydrogen-bond donors (Lipinski definition) is 0. The zero-order chi connectivity index (χ0) is 14.1. The van der Waals surface area contributed by atoms with E-state index in [1.807, 2.05) is 7.11 Å². The number of hydrogen-bond acceptors (Lipinski definition) is 3. The normalized spacial score (nSPS) is 19.6. The lowest BCUT2D eigenvalue weighted by Gasteiger charge is -2.29. The second kappa shape index (κ2) is 9.25. The molecular formula is C16H33NOS. The lowest BCUT2D eigenvalue weighted by Crippen LogP contribution is -2.33. The fraction of sp³-hybridized carbons (Fsp3) is 1.00. The van der Waals surface area contributed by atoms with Gasteiger partial charge in [0.15, 0.2) is 0 Å². The Morgan fingerprint density at radius 3 is 2.42 bits per heavy atom. The van der Waals surface area contributed by atoms with Gasteiger partial charge in [-0.3, -0.25) is 0 Å². The fourth-order valence-electron chi connectivity index (χ4n) is 2.93. The molecule has 114 valence electrons. The van der Waals surface area contributed by atoms with Crippen molar-refractivity contribution in [2.24, 2.45) is 11.3 Å². The van der Waals surface area contributed by atoms with Crippen LogP contribution in [0.15, 0.2) is 0 Å². The van der Waals surface area contributed by atoms with E-state index in [0.717, 1.165) is 12.5 Å². The van der Waals surface area contributed by atoms with E-state index in [0.29, 0.717) is 5.41 Å². The smallest absolute Gasteiger partial charge is 0.0464 e. The molecule has 0 N–H and O–H groups in total. The summed E-state index contributed by atoms with van der Waals surface area (Å²) in [5.74, 6) is 3.49. The summed E-state index contributed by atoms with van der Waals surface area (Å²) in [5.41, 5.74) is 0.445. The highest BCUT2D eigenvalue weighted by atomic mass is 32.2. The molecule has 1 heterocycles. The average molecular weight is 288 g/mol.